The van der Waals surface area contributed by atoms with E-state index in [1.807, 2.05) is 0 Å². The highest BCUT2D eigenvalue weighted by atomic mass is 19.1. The number of para-hydroxylation sites is 1. The van der Waals surface area contributed by atoms with E-state index in [-0.39, 0.29) is 17.2 Å². The predicted molar refractivity (Wildman–Crippen MR) is 69.9 cm³/mol. The van der Waals surface area contributed by atoms with E-state index < -0.39 is 16.8 Å². The van der Waals surface area contributed by atoms with Crippen molar-refractivity contribution in [2.45, 2.75) is 0 Å². The molecule has 0 spiro atoms. The van der Waals surface area contributed by atoms with Gasteiger partial charge in [-0.05, 0) is 18.2 Å². The highest BCUT2D eigenvalue weighted by Gasteiger charge is 2.16. The molecule has 0 unspecified atom stereocenters. The van der Waals surface area contributed by atoms with Crippen LogP contribution in [-0.2, 0) is 0 Å². The normalized spacial score (nSPS) is 9.85. The average Bonchev–Trinajstić information content (AvgIpc) is 2.41. The highest BCUT2D eigenvalue weighted by molar-refractivity contribution is 6.00. The Kier molecular flexibility index (Phi) is 3.85. The molecule has 2 N–H and O–H groups in total. The highest BCUT2D eigenvalue weighted by Crippen LogP contribution is 2.20. The molecule has 102 valence electrons. The van der Waals surface area contributed by atoms with E-state index in [0.717, 1.165) is 0 Å². The summed E-state index contributed by atoms with van der Waals surface area (Å²) in [4.78, 5) is 25.4. The fourth-order valence-electron chi connectivity index (χ4n) is 1.46. The van der Waals surface area contributed by atoms with Crippen LogP contribution in [0.25, 0.3) is 0 Å². The zero-order valence-corrected chi connectivity index (χ0v) is 10.0. The summed E-state index contributed by atoms with van der Waals surface area (Å²) in [6, 6.07) is 7.31. The van der Waals surface area contributed by atoms with Gasteiger partial charge in [-0.2, -0.15) is 0 Å². The Balaban J connectivity index is 2.13. The van der Waals surface area contributed by atoms with Crippen LogP contribution in [0.4, 0.5) is 26.4 Å². The first kappa shape index (κ1) is 13.4. The van der Waals surface area contributed by atoms with Crippen LogP contribution in [0, 0.1) is 15.9 Å². The van der Waals surface area contributed by atoms with Gasteiger partial charge in [0.1, 0.15) is 5.82 Å². The number of rotatable bonds is 3. The quantitative estimate of drug-likeness (QED) is 0.665. The van der Waals surface area contributed by atoms with Gasteiger partial charge < -0.3 is 5.32 Å². The molecule has 1 heterocycles. The molecule has 1 aromatic heterocycles. The molecule has 0 atom stereocenters. The largest absolute Gasteiger partial charge is 0.325 e. The molecule has 0 saturated heterocycles. The van der Waals surface area contributed by atoms with Gasteiger partial charge in [-0.15, -0.1) is 0 Å². The molecule has 0 bridgehead atoms. The number of carbonyl (C=O) groups excluding carboxylic acids is 1. The summed E-state index contributed by atoms with van der Waals surface area (Å²) in [6.45, 7) is 0. The van der Waals surface area contributed by atoms with E-state index in [2.05, 4.69) is 15.6 Å². The van der Waals surface area contributed by atoms with Crippen LogP contribution in [0.1, 0.15) is 0 Å². The number of nitro groups is 1. The molecule has 8 heteroatoms. The lowest BCUT2D eigenvalue weighted by atomic mass is 10.3. The van der Waals surface area contributed by atoms with Gasteiger partial charge in [-0.1, -0.05) is 12.1 Å². The van der Waals surface area contributed by atoms with Crippen molar-refractivity contribution in [1.29, 1.82) is 0 Å². The van der Waals surface area contributed by atoms with Gasteiger partial charge in [-0.3, -0.25) is 15.4 Å². The van der Waals surface area contributed by atoms with Gasteiger partial charge in [0.25, 0.3) is 0 Å². The third-order valence-electron chi connectivity index (χ3n) is 2.34. The second-order valence-electron chi connectivity index (χ2n) is 3.69. The molecule has 2 aromatic rings. The first-order valence-electron chi connectivity index (χ1n) is 5.50. The number of amides is 2. The lowest BCUT2D eigenvalue weighted by Gasteiger charge is -2.07. The number of nitrogens with one attached hydrogen (secondary N) is 2. The first-order valence-corrected chi connectivity index (χ1v) is 5.50. The summed E-state index contributed by atoms with van der Waals surface area (Å²) in [6.07, 6.45) is 1.30. The SMILES string of the molecule is O=C(Nc1ccccc1F)Nc1ncccc1[N+](=O)[O-]. The third kappa shape index (κ3) is 3.05. The van der Waals surface area contributed by atoms with Crippen LogP contribution >= 0.6 is 0 Å². The number of pyridine rings is 1. The van der Waals surface area contributed by atoms with Crippen molar-refractivity contribution in [2.75, 3.05) is 10.6 Å². The van der Waals surface area contributed by atoms with Crippen LogP contribution in [-0.4, -0.2) is 15.9 Å². The van der Waals surface area contributed by atoms with E-state index in [4.69, 9.17) is 0 Å². The molecule has 0 aliphatic carbocycles. The Bertz CT molecular complexity index is 663. The Labute approximate surface area is 112 Å². The molecule has 2 amide bonds. The summed E-state index contributed by atoms with van der Waals surface area (Å²) >= 11 is 0. The first-order chi connectivity index (χ1) is 9.58. The Morgan fingerprint density at radius 2 is 1.95 bits per heavy atom. The van der Waals surface area contributed by atoms with E-state index in [0.29, 0.717) is 0 Å². The van der Waals surface area contributed by atoms with E-state index in [1.165, 1.54) is 36.5 Å². The Morgan fingerprint density at radius 3 is 2.65 bits per heavy atom. The second kappa shape index (κ2) is 5.74. The molecule has 0 radical (unpaired) electrons. The number of carbonyl (C=O) groups is 1. The molecule has 0 fully saturated rings. The van der Waals surface area contributed by atoms with Crippen LogP contribution in [0.2, 0.25) is 0 Å². The number of hydrogen-bond donors (Lipinski definition) is 2. The summed E-state index contributed by atoms with van der Waals surface area (Å²) in [5.41, 5.74) is -0.389. The number of aromatic nitrogens is 1. The number of anilines is 2. The standard InChI is InChI=1S/C12H9FN4O3/c13-8-4-1-2-5-9(8)15-12(18)16-11-10(17(19)20)6-3-7-14-11/h1-7H,(H2,14,15,16,18). The minimum absolute atomic E-state index is 0.0383. The number of benzene rings is 1. The summed E-state index contributed by atoms with van der Waals surface area (Å²) in [5.74, 6) is -0.829. The Morgan fingerprint density at radius 1 is 1.20 bits per heavy atom. The maximum Gasteiger partial charge on any atom is 0.325 e. The van der Waals surface area contributed by atoms with Gasteiger partial charge in [0.15, 0.2) is 0 Å². The van der Waals surface area contributed by atoms with Crippen molar-refractivity contribution < 1.29 is 14.1 Å². The van der Waals surface area contributed by atoms with Crippen molar-refractivity contribution in [1.82, 2.24) is 4.98 Å². The fourth-order valence-corrected chi connectivity index (χ4v) is 1.46. The van der Waals surface area contributed by atoms with Crippen LogP contribution < -0.4 is 10.6 Å². The lowest BCUT2D eigenvalue weighted by Crippen LogP contribution is -2.21. The number of hydrogen-bond acceptors (Lipinski definition) is 4. The van der Waals surface area contributed by atoms with Crippen LogP contribution in [0.15, 0.2) is 42.6 Å². The van der Waals surface area contributed by atoms with Gasteiger partial charge in [-0.25, -0.2) is 14.2 Å². The van der Waals surface area contributed by atoms with Gasteiger partial charge >= 0.3 is 11.7 Å². The van der Waals surface area contributed by atoms with E-state index in [1.54, 1.807) is 6.07 Å². The molecule has 0 aliphatic rings. The predicted octanol–water partition coefficient (Wildman–Crippen LogP) is 2.77. The minimum Gasteiger partial charge on any atom is -0.305 e. The minimum atomic E-state index is -0.822. The maximum absolute atomic E-state index is 13.3. The van der Waals surface area contributed by atoms with Gasteiger partial charge in [0.05, 0.1) is 10.6 Å². The van der Waals surface area contributed by atoms with E-state index >= 15 is 0 Å². The smallest absolute Gasteiger partial charge is 0.305 e. The molecule has 0 saturated carbocycles. The Hall–Kier alpha value is -3.03. The van der Waals surface area contributed by atoms with Crippen molar-refractivity contribution in [3.8, 4) is 0 Å². The molecule has 2 rings (SSSR count). The van der Waals surface area contributed by atoms with Crippen LogP contribution in [0.5, 0.6) is 0 Å². The third-order valence-corrected chi connectivity index (χ3v) is 2.34. The number of urea groups is 1. The summed E-state index contributed by atoms with van der Waals surface area (Å²) in [5, 5.41) is 15.2. The molecule has 20 heavy (non-hydrogen) atoms. The summed E-state index contributed by atoms with van der Waals surface area (Å²) in [7, 11) is 0. The maximum atomic E-state index is 13.3. The zero-order valence-electron chi connectivity index (χ0n) is 10.0. The lowest BCUT2D eigenvalue weighted by molar-refractivity contribution is -0.384. The van der Waals surface area contributed by atoms with Crippen LogP contribution in [0.3, 0.4) is 0 Å². The molecule has 1 aromatic carbocycles. The summed E-state index contributed by atoms with van der Waals surface area (Å²) < 4.78 is 13.3. The molecule has 0 aliphatic heterocycles. The molecule has 7 nitrogen and oxygen atoms in total. The molecular formula is C12H9FN4O3. The average molecular weight is 276 g/mol. The van der Waals surface area contributed by atoms with Gasteiger partial charge in [0, 0.05) is 12.3 Å². The number of nitrogens with zero attached hydrogens (tertiary/aromatic N) is 2. The topological polar surface area (TPSA) is 97.2 Å². The van der Waals surface area contributed by atoms with Gasteiger partial charge in [0.2, 0.25) is 5.82 Å². The second-order valence-corrected chi connectivity index (χ2v) is 3.69. The zero-order chi connectivity index (χ0) is 14.5. The van der Waals surface area contributed by atoms with Crippen molar-refractivity contribution in [2.24, 2.45) is 0 Å². The van der Waals surface area contributed by atoms with Crippen molar-refractivity contribution in [3.05, 3.63) is 58.5 Å². The van der Waals surface area contributed by atoms with Crippen molar-refractivity contribution in [3.63, 3.8) is 0 Å². The van der Waals surface area contributed by atoms with Crippen molar-refractivity contribution >= 4 is 23.2 Å². The molecular weight excluding hydrogens is 267 g/mol. The van der Waals surface area contributed by atoms with E-state index in [9.17, 15) is 19.3 Å². The monoisotopic (exact) mass is 276 g/mol. The fraction of sp³-hybridized carbons (Fsp3) is 0. The number of halogens is 1.